The summed E-state index contributed by atoms with van der Waals surface area (Å²) in [5.41, 5.74) is 4.40. The van der Waals surface area contributed by atoms with Crippen LogP contribution in [0.15, 0.2) is 388 Å². The van der Waals surface area contributed by atoms with Crippen LogP contribution in [-0.4, -0.2) is 15.8 Å². The summed E-state index contributed by atoms with van der Waals surface area (Å²) in [5.74, 6) is 0. The van der Waals surface area contributed by atoms with Gasteiger partial charge in [-0.25, -0.2) is 0 Å². The molecular formula is C114H91BN4. The first-order valence-corrected chi connectivity index (χ1v) is 40.0. The third kappa shape index (κ3) is 12.5. The molecule has 4 heterocycles. The Kier molecular flexibility index (Phi) is 12.2. The lowest BCUT2D eigenvalue weighted by Gasteiger charge is -2.47. The first-order chi connectivity index (χ1) is 68.0. The van der Waals surface area contributed by atoms with Crippen molar-refractivity contribution in [1.82, 2.24) is 9.13 Å². The Morgan fingerprint density at radius 3 is 0.782 bits per heavy atom. The maximum atomic E-state index is 12.1. The Hall–Kier alpha value is -14.0. The SMILES string of the molecule is [2H]c1c([2H])c(-n2c3c([2H])c([2H])c([2H])c([2H])c3c3c([2H])c([2H])c([2H])c([2H])c32)c([2H])c2c1B1c3c([2H])c([2H])c(-n4c5c([2H])c([2H])c([2H])c([2H])c5c5c([2H])c([2H])c([2H])c([2H])c54)c([2H])c3N(c3c(-c4cccc(-c5ccccc5)c4)cc(C(C)(C)C)cc3-c3cccc(-c4ccccc4)c3)c3c([2H])c(C(C)(C)C)c([2H])c(c31)N2c1c(-c2cccc(-c3ccccc3)c2)cc(C(C)(C)C)cc1-c1cccc(-c2ccccc2)c1. The van der Waals surface area contributed by atoms with Crippen molar-refractivity contribution in [3.8, 4) is 100 Å². The summed E-state index contributed by atoms with van der Waals surface area (Å²) >= 11 is 0. The molecule has 0 saturated carbocycles. The first-order valence-electron chi connectivity index (χ1n) is 52.0. The topological polar surface area (TPSA) is 16.3 Å². The maximum absolute atomic E-state index is 12.1. The fourth-order valence-electron chi connectivity index (χ4n) is 17.2. The molecule has 2 aromatic heterocycles. The summed E-state index contributed by atoms with van der Waals surface area (Å²) in [6.45, 7) is 16.0. The molecule has 119 heavy (non-hydrogen) atoms. The minimum Gasteiger partial charge on any atom is -0.310 e. The molecule has 2 aliphatic rings. The molecule has 0 amide bonds. The molecule has 0 spiro atoms. The highest BCUT2D eigenvalue weighted by molar-refractivity contribution is 7.00. The summed E-state index contributed by atoms with van der Waals surface area (Å²) in [4.78, 5) is 3.43. The van der Waals surface area contributed by atoms with Gasteiger partial charge in [0.1, 0.15) is 0 Å². The number of rotatable bonds is 12. The lowest BCUT2D eigenvalue weighted by molar-refractivity contribution is 0.590. The van der Waals surface area contributed by atoms with Gasteiger partial charge in [-0.1, -0.05) is 341 Å². The number of para-hydroxylation sites is 4. The van der Waals surface area contributed by atoms with Crippen molar-refractivity contribution in [3.05, 3.63) is 404 Å². The lowest BCUT2D eigenvalue weighted by atomic mass is 9.33. The molecule has 0 N–H and O–H groups in total. The summed E-state index contributed by atoms with van der Waals surface area (Å²) < 4.78 is 252. The molecule has 0 radical (unpaired) electrons. The van der Waals surface area contributed by atoms with Gasteiger partial charge >= 0.3 is 0 Å². The second kappa shape index (κ2) is 28.4. The zero-order valence-corrected chi connectivity index (χ0v) is 67.0. The van der Waals surface area contributed by atoms with Crippen LogP contribution in [-0.2, 0) is 16.2 Å². The highest BCUT2D eigenvalue weighted by Gasteiger charge is 2.47. The molecule has 570 valence electrons. The van der Waals surface area contributed by atoms with Gasteiger partial charge in [0.05, 0.1) is 66.3 Å². The molecule has 5 heteroatoms. The van der Waals surface area contributed by atoms with Crippen LogP contribution in [0.25, 0.3) is 144 Å². The quantitative estimate of drug-likeness (QED) is 0.113. The van der Waals surface area contributed by atoms with Crippen LogP contribution in [0.2, 0.25) is 0 Å². The van der Waals surface area contributed by atoms with E-state index in [1.165, 1.54) is 0 Å². The molecule has 17 aromatic carbocycles. The van der Waals surface area contributed by atoms with Crippen LogP contribution in [0.4, 0.5) is 34.1 Å². The van der Waals surface area contributed by atoms with Crippen molar-refractivity contribution in [2.45, 2.75) is 78.6 Å². The Labute approximate surface area is 732 Å². The van der Waals surface area contributed by atoms with E-state index >= 15 is 0 Å². The molecule has 21 rings (SSSR count). The maximum Gasteiger partial charge on any atom is 0.252 e. The van der Waals surface area contributed by atoms with Gasteiger partial charge in [0.15, 0.2) is 0 Å². The van der Waals surface area contributed by atoms with E-state index < -0.39 is 211 Å². The number of nitrogens with zero attached hydrogens (tertiary/aromatic N) is 4. The van der Waals surface area contributed by atoms with E-state index in [0.717, 1.165) is 64.8 Å². The van der Waals surface area contributed by atoms with Crippen molar-refractivity contribution in [2.75, 3.05) is 9.80 Å². The van der Waals surface area contributed by atoms with Crippen molar-refractivity contribution in [3.63, 3.8) is 0 Å². The average Bonchev–Trinajstić information content (AvgIpc) is 0.914. The highest BCUT2D eigenvalue weighted by atomic mass is 15.2. The predicted octanol–water partition coefficient (Wildman–Crippen LogP) is 29.2. The van der Waals surface area contributed by atoms with E-state index in [2.05, 4.69) is 41.5 Å². The molecule has 2 aliphatic heterocycles. The van der Waals surface area contributed by atoms with Gasteiger partial charge in [0.25, 0.3) is 6.71 Å². The van der Waals surface area contributed by atoms with Crippen LogP contribution in [0, 0.1) is 0 Å². The van der Waals surface area contributed by atoms with Crippen LogP contribution in [0.5, 0.6) is 0 Å². The van der Waals surface area contributed by atoms with Gasteiger partial charge in [-0.05, 0) is 225 Å². The molecule has 0 saturated heterocycles. The van der Waals surface area contributed by atoms with Crippen molar-refractivity contribution >= 4 is 101 Å². The van der Waals surface area contributed by atoms with Gasteiger partial charge in [-0.2, -0.15) is 0 Å². The minimum atomic E-state index is -1.98. The fourth-order valence-corrected chi connectivity index (χ4v) is 17.2. The van der Waals surface area contributed by atoms with Crippen LogP contribution < -0.4 is 26.2 Å². The standard InChI is InChI=1S/C114H91BN4/c1-112(2,3)86-66-95(82-46-30-42-78(62-82)74-34-14-10-15-35-74)110(96(67-86)83-47-31-43-79(63-83)75-36-16-11-17-37-75)118-105-72-89(116-101-54-26-22-50-91(101)92-51-23-27-55-102(92)116)58-60-99(105)115-100-61-59-90(117-103-56-28-24-52-93(103)94-53-25-29-57-104(94)117)73-106(100)119(108-71-88(114(7,8)9)70-107(118)109(108)115)111-97(84-48-32-44-80(64-84)76-38-18-12-19-39-76)68-87(113(4,5)6)69-98(111)85-49-33-45-81(65-85)77-40-20-13-21-41-77/h10-73H,1-9H3/i22D,23D,24D,25D,26D,27D,28D,29D,50D,51D,52D,53D,54D,55D,56D,57D,58D,59D,60D,61D,70D,71D,72D,73D. The van der Waals surface area contributed by atoms with E-state index in [0.29, 0.717) is 44.5 Å². The van der Waals surface area contributed by atoms with Crippen molar-refractivity contribution in [2.24, 2.45) is 0 Å². The molecular weight excluding hydrogens is 1440 g/mol. The monoisotopic (exact) mass is 1550 g/mol. The third-order valence-corrected chi connectivity index (χ3v) is 23.2. The zero-order valence-electron chi connectivity index (χ0n) is 91.0. The van der Waals surface area contributed by atoms with Gasteiger partial charge in [-0.15, -0.1) is 0 Å². The summed E-state index contributed by atoms with van der Waals surface area (Å²) in [6, 6.07) is 60.4. The Bertz CT molecular complexity index is 7910. The number of anilines is 6. The van der Waals surface area contributed by atoms with E-state index in [1.807, 2.05) is 263 Å². The molecule has 0 fully saturated rings. The molecule has 0 unspecified atom stereocenters. The lowest BCUT2D eigenvalue weighted by Crippen LogP contribution is -2.61. The van der Waals surface area contributed by atoms with Gasteiger partial charge in [0.2, 0.25) is 0 Å². The van der Waals surface area contributed by atoms with E-state index in [9.17, 15) is 32.9 Å². The molecule has 0 atom stereocenters. The smallest absolute Gasteiger partial charge is 0.252 e. The molecule has 4 nitrogen and oxygen atoms in total. The number of hydrogen-bond donors (Lipinski definition) is 0. The van der Waals surface area contributed by atoms with Crippen LogP contribution >= 0.6 is 0 Å². The summed E-state index contributed by atoms with van der Waals surface area (Å²) in [6.07, 6.45) is 0. The zero-order chi connectivity index (χ0) is 101. The predicted molar refractivity (Wildman–Crippen MR) is 509 cm³/mol. The Morgan fingerprint density at radius 1 is 0.244 bits per heavy atom. The molecule has 19 aromatic rings. The largest absolute Gasteiger partial charge is 0.310 e. The third-order valence-electron chi connectivity index (χ3n) is 23.2. The second-order valence-electron chi connectivity index (χ2n) is 33.8. The van der Waals surface area contributed by atoms with Crippen molar-refractivity contribution < 1.29 is 32.9 Å². The average molecular weight is 1550 g/mol. The number of benzene rings is 17. The number of fused-ring (bicyclic) bond motifs is 10. The molecule has 0 bridgehead atoms. The van der Waals surface area contributed by atoms with Gasteiger partial charge in [-0.3, -0.25) is 0 Å². The van der Waals surface area contributed by atoms with Crippen LogP contribution in [0.3, 0.4) is 0 Å². The fraction of sp³-hybridized carbons (Fsp3) is 0.105. The van der Waals surface area contributed by atoms with Crippen molar-refractivity contribution in [1.29, 1.82) is 0 Å². The summed E-state index contributed by atoms with van der Waals surface area (Å²) in [7, 11) is 0. The first kappa shape index (κ1) is 51.2. The van der Waals surface area contributed by atoms with Gasteiger partial charge in [0, 0.05) is 77.9 Å². The Balaban J connectivity index is 1.06. The minimum absolute atomic E-state index is 0.0266. The number of aromatic nitrogens is 2. The van der Waals surface area contributed by atoms with E-state index in [1.54, 1.807) is 9.80 Å². The van der Waals surface area contributed by atoms with E-state index in [-0.39, 0.29) is 68.2 Å². The molecule has 0 aliphatic carbocycles. The van der Waals surface area contributed by atoms with Gasteiger partial charge < -0.3 is 18.9 Å². The summed E-state index contributed by atoms with van der Waals surface area (Å²) in [5, 5.41) is -1.66. The van der Waals surface area contributed by atoms with E-state index in [4.69, 9.17) is 0 Å². The highest BCUT2D eigenvalue weighted by Crippen LogP contribution is 2.57. The second-order valence-corrected chi connectivity index (χ2v) is 33.8. The number of hydrogen-bond acceptors (Lipinski definition) is 2. The normalized spacial score (nSPS) is 15.5. The Morgan fingerprint density at radius 2 is 0.504 bits per heavy atom. The van der Waals surface area contributed by atoms with Crippen LogP contribution in [0.1, 0.15) is 112 Å².